The van der Waals surface area contributed by atoms with Crippen LogP contribution in [0.4, 0.5) is 0 Å². The minimum atomic E-state index is -0.786. The standard InChI is InChI=1S/C13H23N3O4/c1-3-5-13(12(19)20)6-4-7-16(9-13)8-11(18)15-14-10(2)17/h3-9H2,1-2H3,(H,14,17)(H,15,18)(H,19,20). The monoisotopic (exact) mass is 285 g/mol. The van der Waals surface area contributed by atoms with E-state index in [-0.39, 0.29) is 18.4 Å². The molecule has 0 aromatic heterocycles. The number of hydrogen-bond acceptors (Lipinski definition) is 4. The van der Waals surface area contributed by atoms with E-state index >= 15 is 0 Å². The van der Waals surface area contributed by atoms with E-state index in [9.17, 15) is 19.5 Å². The van der Waals surface area contributed by atoms with Crippen molar-refractivity contribution in [1.29, 1.82) is 0 Å². The van der Waals surface area contributed by atoms with Gasteiger partial charge in [-0.15, -0.1) is 0 Å². The minimum Gasteiger partial charge on any atom is -0.481 e. The number of nitrogens with one attached hydrogen (secondary N) is 2. The fourth-order valence-electron chi connectivity index (χ4n) is 2.73. The molecule has 1 rings (SSSR count). The summed E-state index contributed by atoms with van der Waals surface area (Å²) in [6, 6.07) is 0. The Balaban J connectivity index is 2.57. The third-order valence-corrected chi connectivity index (χ3v) is 3.58. The Labute approximate surface area is 118 Å². The van der Waals surface area contributed by atoms with Gasteiger partial charge in [0.2, 0.25) is 5.91 Å². The maximum atomic E-state index is 11.6. The number of aliphatic carboxylic acids is 1. The van der Waals surface area contributed by atoms with Crippen LogP contribution in [0.2, 0.25) is 0 Å². The molecule has 7 heteroatoms. The minimum absolute atomic E-state index is 0.0963. The molecule has 1 heterocycles. The molecular formula is C13H23N3O4. The third-order valence-electron chi connectivity index (χ3n) is 3.58. The molecule has 0 saturated carbocycles. The lowest BCUT2D eigenvalue weighted by molar-refractivity contribution is -0.154. The fourth-order valence-corrected chi connectivity index (χ4v) is 2.73. The van der Waals surface area contributed by atoms with Gasteiger partial charge in [-0.05, 0) is 25.8 Å². The normalized spacial score (nSPS) is 23.1. The van der Waals surface area contributed by atoms with Gasteiger partial charge in [-0.1, -0.05) is 13.3 Å². The Hall–Kier alpha value is -1.63. The van der Waals surface area contributed by atoms with Crippen molar-refractivity contribution >= 4 is 17.8 Å². The van der Waals surface area contributed by atoms with Crippen LogP contribution in [0.25, 0.3) is 0 Å². The van der Waals surface area contributed by atoms with Gasteiger partial charge in [0.1, 0.15) is 0 Å². The van der Waals surface area contributed by atoms with Crippen LogP contribution in [0.3, 0.4) is 0 Å². The van der Waals surface area contributed by atoms with Crippen LogP contribution in [0.1, 0.15) is 39.5 Å². The Kier molecular flexibility index (Phi) is 5.94. The average Bonchev–Trinajstić information content (AvgIpc) is 2.37. The highest BCUT2D eigenvalue weighted by atomic mass is 16.4. The molecule has 1 saturated heterocycles. The van der Waals surface area contributed by atoms with Crippen LogP contribution in [0.15, 0.2) is 0 Å². The van der Waals surface area contributed by atoms with Crippen molar-refractivity contribution in [2.45, 2.75) is 39.5 Å². The molecule has 1 fully saturated rings. The Morgan fingerprint density at radius 3 is 2.55 bits per heavy atom. The lowest BCUT2D eigenvalue weighted by Crippen LogP contribution is -2.52. The van der Waals surface area contributed by atoms with Crippen LogP contribution >= 0.6 is 0 Å². The Bertz CT molecular complexity index is 382. The number of hydrazine groups is 1. The van der Waals surface area contributed by atoms with Gasteiger partial charge >= 0.3 is 5.97 Å². The van der Waals surface area contributed by atoms with E-state index in [1.165, 1.54) is 6.92 Å². The molecule has 0 bridgehead atoms. The largest absolute Gasteiger partial charge is 0.481 e. The summed E-state index contributed by atoms with van der Waals surface area (Å²) in [5.41, 5.74) is 3.76. The first-order valence-electron chi connectivity index (χ1n) is 6.91. The molecule has 1 aliphatic rings. The summed E-state index contributed by atoms with van der Waals surface area (Å²) in [6.07, 6.45) is 2.84. The van der Waals surface area contributed by atoms with Crippen molar-refractivity contribution in [1.82, 2.24) is 15.8 Å². The number of amides is 2. The van der Waals surface area contributed by atoms with Crippen LogP contribution in [0, 0.1) is 5.41 Å². The zero-order valence-electron chi connectivity index (χ0n) is 12.1. The molecule has 0 aromatic carbocycles. The summed E-state index contributed by atoms with van der Waals surface area (Å²) in [4.78, 5) is 35.7. The Morgan fingerprint density at radius 1 is 1.30 bits per heavy atom. The number of nitrogens with zero attached hydrogens (tertiary/aromatic N) is 1. The molecular weight excluding hydrogens is 262 g/mol. The number of carboxylic acids is 1. The topological polar surface area (TPSA) is 98.7 Å². The lowest BCUT2D eigenvalue weighted by atomic mass is 9.76. The molecule has 0 spiro atoms. The molecule has 114 valence electrons. The van der Waals surface area contributed by atoms with Crippen molar-refractivity contribution in [3.8, 4) is 0 Å². The summed E-state index contributed by atoms with van der Waals surface area (Å²) in [5.74, 6) is -1.47. The number of carbonyl (C=O) groups is 3. The van der Waals surface area contributed by atoms with Gasteiger partial charge in [-0.2, -0.15) is 0 Å². The number of hydrogen-bond donors (Lipinski definition) is 3. The lowest BCUT2D eigenvalue weighted by Gasteiger charge is -2.39. The van der Waals surface area contributed by atoms with Gasteiger partial charge in [-0.3, -0.25) is 30.1 Å². The summed E-state index contributed by atoms with van der Waals surface area (Å²) in [5, 5.41) is 9.46. The molecule has 20 heavy (non-hydrogen) atoms. The van der Waals surface area contributed by atoms with E-state index in [1.807, 2.05) is 11.8 Å². The van der Waals surface area contributed by atoms with Crippen molar-refractivity contribution in [2.24, 2.45) is 5.41 Å². The Morgan fingerprint density at radius 2 is 2.00 bits per heavy atom. The predicted molar refractivity (Wildman–Crippen MR) is 72.6 cm³/mol. The van der Waals surface area contributed by atoms with Gasteiger partial charge in [0.25, 0.3) is 5.91 Å². The summed E-state index contributed by atoms with van der Waals surface area (Å²) in [6.45, 7) is 4.44. The first-order valence-corrected chi connectivity index (χ1v) is 6.91. The first-order chi connectivity index (χ1) is 9.39. The van der Waals surface area contributed by atoms with Gasteiger partial charge in [0.05, 0.1) is 12.0 Å². The summed E-state index contributed by atoms with van der Waals surface area (Å²) >= 11 is 0. The van der Waals surface area contributed by atoms with Gasteiger partial charge < -0.3 is 5.11 Å². The molecule has 2 amide bonds. The van der Waals surface area contributed by atoms with E-state index in [0.717, 1.165) is 12.8 Å². The highest BCUT2D eigenvalue weighted by Gasteiger charge is 2.41. The highest BCUT2D eigenvalue weighted by Crippen LogP contribution is 2.34. The zero-order chi connectivity index (χ0) is 15.2. The molecule has 1 aliphatic heterocycles. The van der Waals surface area contributed by atoms with E-state index in [1.54, 1.807) is 0 Å². The predicted octanol–water partition coefficient (Wildman–Crippen LogP) is 0.121. The van der Waals surface area contributed by atoms with Gasteiger partial charge in [0.15, 0.2) is 0 Å². The van der Waals surface area contributed by atoms with E-state index in [0.29, 0.717) is 25.9 Å². The van der Waals surface area contributed by atoms with Crippen molar-refractivity contribution < 1.29 is 19.5 Å². The quantitative estimate of drug-likeness (QED) is 0.623. The molecule has 0 radical (unpaired) electrons. The molecule has 0 aliphatic carbocycles. The second-order valence-corrected chi connectivity index (χ2v) is 5.38. The van der Waals surface area contributed by atoms with Crippen molar-refractivity contribution in [2.75, 3.05) is 19.6 Å². The molecule has 7 nitrogen and oxygen atoms in total. The van der Waals surface area contributed by atoms with Gasteiger partial charge in [0, 0.05) is 13.5 Å². The number of carbonyl (C=O) groups excluding carboxylic acids is 2. The maximum absolute atomic E-state index is 11.6. The van der Waals surface area contributed by atoms with Gasteiger partial charge in [-0.25, -0.2) is 0 Å². The third kappa shape index (κ3) is 4.48. The van der Waals surface area contributed by atoms with E-state index in [4.69, 9.17) is 0 Å². The molecule has 1 atom stereocenters. The smallest absolute Gasteiger partial charge is 0.310 e. The van der Waals surface area contributed by atoms with Crippen LogP contribution in [0.5, 0.6) is 0 Å². The first kappa shape index (κ1) is 16.4. The molecule has 1 unspecified atom stereocenters. The van der Waals surface area contributed by atoms with Crippen molar-refractivity contribution in [3.63, 3.8) is 0 Å². The maximum Gasteiger partial charge on any atom is 0.310 e. The second-order valence-electron chi connectivity index (χ2n) is 5.38. The van der Waals surface area contributed by atoms with Crippen LogP contribution in [-0.2, 0) is 14.4 Å². The summed E-state index contributed by atoms with van der Waals surface area (Å²) < 4.78 is 0. The van der Waals surface area contributed by atoms with Crippen LogP contribution < -0.4 is 10.9 Å². The zero-order valence-corrected chi connectivity index (χ0v) is 12.1. The van der Waals surface area contributed by atoms with Crippen molar-refractivity contribution in [3.05, 3.63) is 0 Å². The van der Waals surface area contributed by atoms with E-state index < -0.39 is 11.4 Å². The number of likely N-dealkylation sites (tertiary alicyclic amines) is 1. The average molecular weight is 285 g/mol. The summed E-state index contributed by atoms with van der Waals surface area (Å²) in [7, 11) is 0. The molecule has 3 N–H and O–H groups in total. The second kappa shape index (κ2) is 7.23. The number of carboxylic acid groups (broad SMARTS) is 1. The number of rotatable bonds is 5. The highest BCUT2D eigenvalue weighted by molar-refractivity contribution is 5.82. The number of piperidine rings is 1. The van der Waals surface area contributed by atoms with Crippen LogP contribution in [-0.4, -0.2) is 47.4 Å². The SMILES string of the molecule is CCCC1(C(=O)O)CCCN(CC(=O)NNC(C)=O)C1. The molecule has 0 aromatic rings. The van der Waals surface area contributed by atoms with E-state index in [2.05, 4.69) is 10.9 Å². The fraction of sp³-hybridized carbons (Fsp3) is 0.769.